The van der Waals surface area contributed by atoms with E-state index in [0.717, 1.165) is 5.56 Å². The van der Waals surface area contributed by atoms with Gasteiger partial charge in [-0.05, 0) is 11.6 Å². The summed E-state index contributed by atoms with van der Waals surface area (Å²) in [6.45, 7) is 0.604. The lowest BCUT2D eigenvalue weighted by atomic mass is 10.2. The summed E-state index contributed by atoms with van der Waals surface area (Å²) in [5.41, 5.74) is 1.69. The van der Waals surface area contributed by atoms with E-state index in [1.54, 1.807) is 16.9 Å². The molecule has 0 saturated carbocycles. The maximum atomic E-state index is 12.3. The van der Waals surface area contributed by atoms with Crippen molar-refractivity contribution in [2.24, 2.45) is 0 Å². The first-order chi connectivity index (χ1) is 10.2. The Morgan fingerprint density at radius 1 is 1.19 bits per heavy atom. The number of carbonyl (C=O) groups is 1. The van der Waals surface area contributed by atoms with Gasteiger partial charge in [-0.2, -0.15) is 5.10 Å². The first-order valence-corrected chi connectivity index (χ1v) is 6.69. The van der Waals surface area contributed by atoms with Gasteiger partial charge < -0.3 is 0 Å². The van der Waals surface area contributed by atoms with E-state index < -0.39 is 0 Å². The number of aromatic nitrogens is 4. The Bertz CT molecular complexity index is 770. The Labute approximate surface area is 126 Å². The Kier molecular flexibility index (Phi) is 3.75. The van der Waals surface area contributed by atoms with Gasteiger partial charge in [-0.15, -0.1) is 0 Å². The molecule has 3 aromatic rings. The fourth-order valence-electron chi connectivity index (χ4n) is 1.95. The van der Waals surface area contributed by atoms with Crippen LogP contribution in [-0.2, 0) is 6.54 Å². The molecule has 0 saturated heterocycles. The minimum absolute atomic E-state index is 0.132. The summed E-state index contributed by atoms with van der Waals surface area (Å²) in [5, 5.41) is 4.41. The van der Waals surface area contributed by atoms with Crippen molar-refractivity contribution in [1.29, 1.82) is 0 Å². The molecular formula is C15H11ClN4O. The monoisotopic (exact) mass is 298 g/mol. The molecule has 0 aliphatic rings. The molecule has 0 bridgehead atoms. The molecule has 0 aliphatic carbocycles. The maximum Gasteiger partial charge on any atom is 0.217 e. The third-order valence-corrected chi connectivity index (χ3v) is 3.27. The van der Waals surface area contributed by atoms with Crippen LogP contribution in [0.5, 0.6) is 0 Å². The van der Waals surface area contributed by atoms with E-state index in [9.17, 15) is 4.79 Å². The summed E-state index contributed by atoms with van der Waals surface area (Å²) < 4.78 is 1.71. The second kappa shape index (κ2) is 5.85. The molecule has 0 fully saturated rings. The second-order valence-corrected chi connectivity index (χ2v) is 4.80. The normalized spacial score (nSPS) is 10.5. The summed E-state index contributed by atoms with van der Waals surface area (Å²) in [7, 11) is 0. The standard InChI is InChI=1S/C15H11ClN4O/c16-15-12(8-17-10-18-15)14(21)13-6-7-20(19-13)9-11-4-2-1-3-5-11/h1-8,10H,9H2. The van der Waals surface area contributed by atoms with Gasteiger partial charge in [0.25, 0.3) is 0 Å². The molecule has 6 heteroatoms. The van der Waals surface area contributed by atoms with Crippen LogP contribution >= 0.6 is 11.6 Å². The van der Waals surface area contributed by atoms with E-state index in [-0.39, 0.29) is 16.5 Å². The van der Waals surface area contributed by atoms with Crippen LogP contribution in [0.4, 0.5) is 0 Å². The lowest BCUT2D eigenvalue weighted by Crippen LogP contribution is -2.07. The van der Waals surface area contributed by atoms with E-state index in [1.165, 1.54) is 12.5 Å². The molecule has 0 amide bonds. The Morgan fingerprint density at radius 3 is 2.76 bits per heavy atom. The van der Waals surface area contributed by atoms with Crippen LogP contribution in [-0.4, -0.2) is 25.5 Å². The third kappa shape index (κ3) is 2.98. The Balaban J connectivity index is 1.82. The van der Waals surface area contributed by atoms with Crippen LogP contribution in [0.1, 0.15) is 21.6 Å². The van der Waals surface area contributed by atoms with Crippen LogP contribution in [0.2, 0.25) is 5.15 Å². The van der Waals surface area contributed by atoms with Crippen molar-refractivity contribution in [2.45, 2.75) is 6.54 Å². The summed E-state index contributed by atoms with van der Waals surface area (Å²) in [5.74, 6) is -0.285. The van der Waals surface area contributed by atoms with Crippen LogP contribution in [0.25, 0.3) is 0 Å². The Morgan fingerprint density at radius 2 is 2.00 bits per heavy atom. The van der Waals surface area contributed by atoms with Gasteiger partial charge in [0.2, 0.25) is 5.78 Å². The molecule has 0 atom stereocenters. The number of hydrogen-bond donors (Lipinski definition) is 0. The SMILES string of the molecule is O=C(c1ccn(Cc2ccccc2)n1)c1cncnc1Cl. The van der Waals surface area contributed by atoms with Gasteiger partial charge >= 0.3 is 0 Å². The van der Waals surface area contributed by atoms with Crippen LogP contribution in [0.3, 0.4) is 0 Å². The zero-order valence-electron chi connectivity index (χ0n) is 11.0. The highest BCUT2D eigenvalue weighted by atomic mass is 35.5. The average molecular weight is 299 g/mol. The molecule has 0 N–H and O–H groups in total. The minimum atomic E-state index is -0.285. The van der Waals surface area contributed by atoms with Gasteiger partial charge in [0.1, 0.15) is 17.2 Å². The van der Waals surface area contributed by atoms with Crippen LogP contribution < -0.4 is 0 Å². The van der Waals surface area contributed by atoms with Crippen molar-refractivity contribution < 1.29 is 4.79 Å². The lowest BCUT2D eigenvalue weighted by Gasteiger charge is -2.01. The molecule has 0 radical (unpaired) electrons. The summed E-state index contributed by atoms with van der Waals surface area (Å²) in [6, 6.07) is 11.6. The number of ketones is 1. The number of rotatable bonds is 4. The molecule has 2 heterocycles. The first kappa shape index (κ1) is 13.5. The summed E-state index contributed by atoms with van der Waals surface area (Å²) in [4.78, 5) is 19.9. The smallest absolute Gasteiger partial charge is 0.217 e. The number of halogens is 1. The van der Waals surface area contributed by atoms with Crippen molar-refractivity contribution in [3.8, 4) is 0 Å². The van der Waals surface area contributed by atoms with E-state index in [1.807, 2.05) is 30.3 Å². The number of benzene rings is 1. The number of carbonyl (C=O) groups excluding carboxylic acids is 1. The van der Waals surface area contributed by atoms with Crippen molar-refractivity contribution in [3.63, 3.8) is 0 Å². The predicted octanol–water partition coefficient (Wildman–Crippen LogP) is 2.61. The fourth-order valence-corrected chi connectivity index (χ4v) is 2.12. The molecule has 3 rings (SSSR count). The van der Waals surface area contributed by atoms with Crippen molar-refractivity contribution in [3.05, 3.63) is 77.1 Å². The highest BCUT2D eigenvalue weighted by Crippen LogP contribution is 2.15. The lowest BCUT2D eigenvalue weighted by molar-refractivity contribution is 0.103. The average Bonchev–Trinajstić information content (AvgIpc) is 2.97. The topological polar surface area (TPSA) is 60.7 Å². The number of nitrogens with zero attached hydrogens (tertiary/aromatic N) is 4. The maximum absolute atomic E-state index is 12.3. The van der Waals surface area contributed by atoms with E-state index >= 15 is 0 Å². The molecule has 0 aliphatic heterocycles. The largest absolute Gasteiger partial charge is 0.287 e. The molecule has 1 aromatic carbocycles. The first-order valence-electron chi connectivity index (χ1n) is 6.31. The molecule has 0 unspecified atom stereocenters. The van der Waals surface area contributed by atoms with Gasteiger partial charge in [0, 0.05) is 12.4 Å². The van der Waals surface area contributed by atoms with Gasteiger partial charge in [0.15, 0.2) is 0 Å². The zero-order valence-corrected chi connectivity index (χ0v) is 11.7. The molecule has 0 spiro atoms. The van der Waals surface area contributed by atoms with Gasteiger partial charge in [0.05, 0.1) is 12.1 Å². The van der Waals surface area contributed by atoms with Gasteiger partial charge in [-0.3, -0.25) is 9.48 Å². The Hall–Kier alpha value is -2.53. The molecule has 2 aromatic heterocycles. The van der Waals surface area contributed by atoms with Crippen molar-refractivity contribution >= 4 is 17.4 Å². The molecule has 5 nitrogen and oxygen atoms in total. The van der Waals surface area contributed by atoms with Crippen molar-refractivity contribution in [2.75, 3.05) is 0 Å². The summed E-state index contributed by atoms with van der Waals surface area (Å²) in [6.07, 6.45) is 4.46. The zero-order chi connectivity index (χ0) is 14.7. The highest BCUT2D eigenvalue weighted by Gasteiger charge is 2.16. The third-order valence-electron chi connectivity index (χ3n) is 2.97. The summed E-state index contributed by atoms with van der Waals surface area (Å²) >= 11 is 5.90. The van der Waals surface area contributed by atoms with Crippen LogP contribution in [0.15, 0.2) is 55.1 Å². The van der Waals surface area contributed by atoms with Crippen LogP contribution in [0, 0.1) is 0 Å². The predicted molar refractivity (Wildman–Crippen MR) is 78.2 cm³/mol. The van der Waals surface area contributed by atoms with E-state index in [0.29, 0.717) is 12.2 Å². The molecule has 21 heavy (non-hydrogen) atoms. The quantitative estimate of drug-likeness (QED) is 0.549. The number of hydrogen-bond acceptors (Lipinski definition) is 4. The molecular weight excluding hydrogens is 288 g/mol. The van der Waals surface area contributed by atoms with Gasteiger partial charge in [-0.25, -0.2) is 9.97 Å². The van der Waals surface area contributed by atoms with E-state index in [2.05, 4.69) is 15.1 Å². The minimum Gasteiger partial charge on any atom is -0.287 e. The van der Waals surface area contributed by atoms with E-state index in [4.69, 9.17) is 11.6 Å². The van der Waals surface area contributed by atoms with Gasteiger partial charge in [-0.1, -0.05) is 41.9 Å². The fraction of sp³-hybridized carbons (Fsp3) is 0.0667. The highest BCUT2D eigenvalue weighted by molar-refractivity contribution is 6.33. The van der Waals surface area contributed by atoms with Crippen molar-refractivity contribution in [1.82, 2.24) is 19.7 Å². The second-order valence-electron chi connectivity index (χ2n) is 4.44. The molecule has 104 valence electrons.